The number of rotatable bonds is 6. The smallest absolute Gasteiger partial charge is 0.255 e. The number of amides is 1. The molecule has 0 aliphatic rings. The van der Waals surface area contributed by atoms with Crippen LogP contribution >= 0.6 is 0 Å². The third-order valence-electron chi connectivity index (χ3n) is 5.41. The van der Waals surface area contributed by atoms with Crippen LogP contribution < -0.4 is 16.0 Å². The lowest BCUT2D eigenvalue weighted by molar-refractivity contribution is 0.102. The number of carbonyl (C=O) groups is 1. The molecular formula is C28H20N6O. The van der Waals surface area contributed by atoms with Gasteiger partial charge in [-0.15, -0.1) is 0 Å². The standard InChI is InChI=1S/C28H20N6O/c29-16-19-4-5-21-17-31-18-27(26(21)14-19)33-25-3-1-2-20(15-25)28(35)34-23-8-6-22(7-9-23)32-24-10-12-30-13-11-24/h1-15,17-18,33H,(H,30,32)(H,34,35). The Balaban J connectivity index is 1.30. The Morgan fingerprint density at radius 1 is 0.743 bits per heavy atom. The summed E-state index contributed by atoms with van der Waals surface area (Å²) in [7, 11) is 0. The van der Waals surface area contributed by atoms with E-state index in [-0.39, 0.29) is 5.91 Å². The van der Waals surface area contributed by atoms with E-state index in [1.807, 2.05) is 60.7 Å². The first-order valence-electron chi connectivity index (χ1n) is 10.9. The highest BCUT2D eigenvalue weighted by Crippen LogP contribution is 2.27. The summed E-state index contributed by atoms with van der Waals surface area (Å²) in [5.74, 6) is -0.216. The number of nitrogens with zero attached hydrogens (tertiary/aromatic N) is 3. The number of nitriles is 1. The zero-order chi connectivity index (χ0) is 24.0. The Kier molecular flexibility index (Phi) is 6.01. The summed E-state index contributed by atoms with van der Waals surface area (Å²) in [5.41, 5.74) is 5.12. The maximum Gasteiger partial charge on any atom is 0.255 e. The van der Waals surface area contributed by atoms with Crippen molar-refractivity contribution in [3.8, 4) is 6.07 Å². The van der Waals surface area contributed by atoms with Gasteiger partial charge in [0.1, 0.15) is 0 Å². The lowest BCUT2D eigenvalue weighted by Crippen LogP contribution is -2.12. The molecule has 1 amide bonds. The quantitative estimate of drug-likeness (QED) is 0.279. The first-order valence-corrected chi connectivity index (χ1v) is 10.9. The number of hydrogen-bond donors (Lipinski definition) is 3. The average Bonchev–Trinajstić information content (AvgIpc) is 2.90. The van der Waals surface area contributed by atoms with Gasteiger partial charge in [-0.05, 0) is 66.7 Å². The molecule has 0 aliphatic carbocycles. The molecule has 3 aromatic carbocycles. The van der Waals surface area contributed by atoms with Crippen molar-refractivity contribution in [2.75, 3.05) is 16.0 Å². The number of nitrogens with one attached hydrogen (secondary N) is 3. The lowest BCUT2D eigenvalue weighted by atomic mass is 10.1. The maximum atomic E-state index is 12.9. The van der Waals surface area contributed by atoms with Gasteiger partial charge in [0.25, 0.3) is 5.91 Å². The molecule has 0 radical (unpaired) electrons. The van der Waals surface area contributed by atoms with Crippen LogP contribution in [0.1, 0.15) is 15.9 Å². The monoisotopic (exact) mass is 456 g/mol. The molecule has 168 valence electrons. The fourth-order valence-electron chi connectivity index (χ4n) is 3.67. The lowest BCUT2D eigenvalue weighted by Gasteiger charge is -2.12. The number of pyridine rings is 2. The van der Waals surface area contributed by atoms with Crippen LogP contribution in [0.4, 0.5) is 28.4 Å². The molecule has 5 aromatic rings. The topological polar surface area (TPSA) is 103 Å². The van der Waals surface area contributed by atoms with Gasteiger partial charge < -0.3 is 16.0 Å². The Bertz CT molecular complexity index is 1540. The molecule has 2 aromatic heterocycles. The molecule has 35 heavy (non-hydrogen) atoms. The number of aromatic nitrogens is 2. The molecule has 3 N–H and O–H groups in total. The average molecular weight is 457 g/mol. The van der Waals surface area contributed by atoms with Gasteiger partial charge in [0.2, 0.25) is 0 Å². The van der Waals surface area contributed by atoms with Crippen LogP contribution in [0.3, 0.4) is 0 Å². The zero-order valence-electron chi connectivity index (χ0n) is 18.6. The number of benzene rings is 3. The molecule has 0 aliphatic heterocycles. The molecule has 0 saturated heterocycles. The largest absolute Gasteiger partial charge is 0.355 e. The van der Waals surface area contributed by atoms with E-state index in [4.69, 9.17) is 0 Å². The summed E-state index contributed by atoms with van der Waals surface area (Å²) in [6, 6.07) is 26.1. The van der Waals surface area contributed by atoms with Crippen LogP contribution in [-0.4, -0.2) is 15.9 Å². The highest BCUT2D eigenvalue weighted by molar-refractivity contribution is 6.05. The molecular weight excluding hydrogens is 436 g/mol. The van der Waals surface area contributed by atoms with Gasteiger partial charge in [-0.3, -0.25) is 14.8 Å². The van der Waals surface area contributed by atoms with Crippen LogP contribution in [0.5, 0.6) is 0 Å². The maximum absolute atomic E-state index is 12.9. The zero-order valence-corrected chi connectivity index (χ0v) is 18.6. The van der Waals surface area contributed by atoms with Gasteiger partial charge in [0, 0.05) is 57.7 Å². The van der Waals surface area contributed by atoms with Gasteiger partial charge in [0.05, 0.1) is 23.5 Å². The number of hydrogen-bond acceptors (Lipinski definition) is 6. The van der Waals surface area contributed by atoms with Crippen LogP contribution in [0.25, 0.3) is 10.8 Å². The molecule has 2 heterocycles. The van der Waals surface area contributed by atoms with E-state index in [9.17, 15) is 10.1 Å². The van der Waals surface area contributed by atoms with Gasteiger partial charge in [-0.1, -0.05) is 12.1 Å². The third kappa shape index (κ3) is 5.07. The predicted octanol–water partition coefficient (Wildman–Crippen LogP) is 6.24. The fourth-order valence-corrected chi connectivity index (χ4v) is 3.67. The van der Waals surface area contributed by atoms with Gasteiger partial charge in [0.15, 0.2) is 0 Å². The van der Waals surface area contributed by atoms with E-state index in [2.05, 4.69) is 32.0 Å². The first kappa shape index (κ1) is 21.6. The van der Waals surface area contributed by atoms with Gasteiger partial charge >= 0.3 is 0 Å². The Hall–Kier alpha value is -5.22. The van der Waals surface area contributed by atoms with E-state index in [1.165, 1.54) is 0 Å². The molecule has 0 unspecified atom stereocenters. The minimum Gasteiger partial charge on any atom is -0.355 e. The molecule has 7 heteroatoms. The fraction of sp³-hybridized carbons (Fsp3) is 0. The van der Waals surface area contributed by atoms with E-state index in [0.29, 0.717) is 16.8 Å². The third-order valence-corrected chi connectivity index (χ3v) is 5.41. The van der Waals surface area contributed by atoms with Crippen molar-refractivity contribution in [2.24, 2.45) is 0 Å². The summed E-state index contributed by atoms with van der Waals surface area (Å²) in [4.78, 5) is 21.2. The van der Waals surface area contributed by atoms with Crippen molar-refractivity contribution in [3.05, 3.63) is 115 Å². The van der Waals surface area contributed by atoms with Gasteiger partial charge in [-0.2, -0.15) is 5.26 Å². The van der Waals surface area contributed by atoms with E-state index < -0.39 is 0 Å². The van der Waals surface area contributed by atoms with Crippen molar-refractivity contribution in [3.63, 3.8) is 0 Å². The van der Waals surface area contributed by atoms with E-state index in [1.54, 1.807) is 43.0 Å². The van der Waals surface area contributed by atoms with Crippen molar-refractivity contribution in [1.29, 1.82) is 5.26 Å². The number of anilines is 5. The summed E-state index contributed by atoms with van der Waals surface area (Å²) in [5, 5.41) is 20.6. The molecule has 5 rings (SSSR count). The molecule has 0 spiro atoms. The van der Waals surface area contributed by atoms with Crippen LogP contribution in [-0.2, 0) is 0 Å². The van der Waals surface area contributed by atoms with Crippen LogP contribution in [0.15, 0.2) is 104 Å². The molecule has 0 saturated carbocycles. The second-order valence-electron chi connectivity index (χ2n) is 7.83. The number of carbonyl (C=O) groups excluding carboxylic acids is 1. The summed E-state index contributed by atoms with van der Waals surface area (Å²) < 4.78 is 0. The van der Waals surface area contributed by atoms with Crippen molar-refractivity contribution >= 4 is 45.1 Å². The minimum absolute atomic E-state index is 0.216. The predicted molar refractivity (Wildman–Crippen MR) is 138 cm³/mol. The SMILES string of the molecule is N#Cc1ccc2cncc(Nc3cccc(C(=O)Nc4ccc(Nc5ccncc5)cc4)c3)c2c1. The van der Waals surface area contributed by atoms with Crippen LogP contribution in [0, 0.1) is 11.3 Å². The minimum atomic E-state index is -0.216. The van der Waals surface area contributed by atoms with Crippen molar-refractivity contribution in [1.82, 2.24) is 9.97 Å². The van der Waals surface area contributed by atoms with Gasteiger partial charge in [-0.25, -0.2) is 0 Å². The highest BCUT2D eigenvalue weighted by Gasteiger charge is 2.09. The number of fused-ring (bicyclic) bond motifs is 1. The second-order valence-corrected chi connectivity index (χ2v) is 7.83. The van der Waals surface area contributed by atoms with E-state index >= 15 is 0 Å². The Morgan fingerprint density at radius 3 is 2.31 bits per heavy atom. The summed E-state index contributed by atoms with van der Waals surface area (Å²) >= 11 is 0. The highest BCUT2D eigenvalue weighted by atomic mass is 16.1. The normalized spacial score (nSPS) is 10.4. The van der Waals surface area contributed by atoms with Crippen molar-refractivity contribution < 1.29 is 4.79 Å². The van der Waals surface area contributed by atoms with Crippen molar-refractivity contribution in [2.45, 2.75) is 0 Å². The molecule has 7 nitrogen and oxygen atoms in total. The van der Waals surface area contributed by atoms with Crippen LogP contribution in [0.2, 0.25) is 0 Å². The Labute approximate surface area is 202 Å². The molecule has 0 fully saturated rings. The first-order chi connectivity index (χ1) is 17.2. The summed E-state index contributed by atoms with van der Waals surface area (Å²) in [6.07, 6.45) is 6.90. The van der Waals surface area contributed by atoms with E-state index in [0.717, 1.165) is 33.5 Å². The molecule has 0 bridgehead atoms. The molecule has 0 atom stereocenters. The Morgan fingerprint density at radius 2 is 1.51 bits per heavy atom. The summed E-state index contributed by atoms with van der Waals surface area (Å²) in [6.45, 7) is 0. The second kappa shape index (κ2) is 9.73.